The number of H-pyrrole nitrogens is 1. The van der Waals surface area contributed by atoms with Gasteiger partial charge in [0.25, 0.3) is 0 Å². The van der Waals surface area contributed by atoms with Crippen molar-refractivity contribution < 1.29 is 14.3 Å². The number of amides is 1. The number of methoxy groups -OCH3 is 1. The molecule has 0 atom stereocenters. The molecule has 1 fully saturated rings. The highest BCUT2D eigenvalue weighted by molar-refractivity contribution is 6.07. The van der Waals surface area contributed by atoms with Gasteiger partial charge in [0, 0.05) is 30.5 Å². The number of ether oxygens (including phenoxy) is 2. The number of nitrogens with zero attached hydrogens (tertiary/aromatic N) is 3. The van der Waals surface area contributed by atoms with Gasteiger partial charge >= 0.3 is 0 Å². The maximum absolute atomic E-state index is 12.5. The largest absolute Gasteiger partial charge is 0.496 e. The van der Waals surface area contributed by atoms with E-state index in [0.29, 0.717) is 13.2 Å². The Morgan fingerprint density at radius 2 is 1.87 bits per heavy atom. The fraction of sp³-hybridized carbons (Fsp3) is 0.290. The molecule has 0 aliphatic carbocycles. The van der Waals surface area contributed by atoms with E-state index in [0.717, 1.165) is 69.1 Å². The molecule has 0 saturated carbocycles. The van der Waals surface area contributed by atoms with Gasteiger partial charge in [-0.15, -0.1) is 0 Å². The zero-order valence-electron chi connectivity index (χ0n) is 21.7. The number of aromatic nitrogens is 2. The van der Waals surface area contributed by atoms with Crippen LogP contribution in [-0.4, -0.2) is 60.7 Å². The summed E-state index contributed by atoms with van der Waals surface area (Å²) in [5.74, 6) is 1.52. The highest BCUT2D eigenvalue weighted by atomic mass is 16.5. The van der Waals surface area contributed by atoms with Gasteiger partial charge in [-0.2, -0.15) is 0 Å². The second-order valence-electron chi connectivity index (χ2n) is 9.82. The first kappa shape index (κ1) is 24.2. The van der Waals surface area contributed by atoms with Crippen LogP contribution in [-0.2, 0) is 11.2 Å². The van der Waals surface area contributed by atoms with E-state index in [1.165, 1.54) is 32.0 Å². The summed E-state index contributed by atoms with van der Waals surface area (Å²) in [5, 5.41) is 0.912. The molecule has 194 valence electrons. The van der Waals surface area contributed by atoms with Crippen molar-refractivity contribution in [3.8, 4) is 33.9 Å². The van der Waals surface area contributed by atoms with Crippen molar-refractivity contribution in [2.75, 3.05) is 44.8 Å². The molecule has 4 heterocycles. The summed E-state index contributed by atoms with van der Waals surface area (Å²) >= 11 is 0. The van der Waals surface area contributed by atoms with Crippen LogP contribution in [0.4, 0.5) is 5.69 Å². The number of carbonyl (C=O) groups is 1. The number of pyridine rings is 1. The Morgan fingerprint density at radius 3 is 2.63 bits per heavy atom. The van der Waals surface area contributed by atoms with Crippen LogP contribution in [0.15, 0.2) is 67.4 Å². The molecule has 0 bridgehead atoms. The third-order valence-electron chi connectivity index (χ3n) is 7.60. The second-order valence-corrected chi connectivity index (χ2v) is 9.82. The summed E-state index contributed by atoms with van der Waals surface area (Å²) in [6.45, 7) is 8.33. The molecule has 1 amide bonds. The van der Waals surface area contributed by atoms with Crippen molar-refractivity contribution in [3.05, 3.63) is 72.9 Å². The van der Waals surface area contributed by atoms with Crippen LogP contribution < -0.4 is 14.4 Å². The van der Waals surface area contributed by atoms with E-state index >= 15 is 0 Å². The number of fused-ring (bicyclic) bond motifs is 2. The molecular formula is C31H32N4O3. The van der Waals surface area contributed by atoms with E-state index in [2.05, 4.69) is 51.8 Å². The Bertz CT molecular complexity index is 1490. The van der Waals surface area contributed by atoms with Crippen molar-refractivity contribution in [3.63, 3.8) is 0 Å². The SMILES string of the molecule is C=CC(=O)N1CCc2ccc(-c3c(-c4ccc(OCCN5CCCC5)cc4)[nH]c4nccc(OC)c34)cc21. The van der Waals surface area contributed by atoms with Crippen LogP contribution in [0, 0.1) is 0 Å². The molecule has 38 heavy (non-hydrogen) atoms. The molecule has 7 heteroatoms. The number of benzene rings is 2. The fourth-order valence-corrected chi connectivity index (χ4v) is 5.65. The Kier molecular flexibility index (Phi) is 6.60. The fourth-order valence-electron chi connectivity index (χ4n) is 5.65. The molecule has 0 radical (unpaired) electrons. The number of rotatable bonds is 8. The summed E-state index contributed by atoms with van der Waals surface area (Å²) in [5.41, 5.74) is 6.79. The summed E-state index contributed by atoms with van der Waals surface area (Å²) in [4.78, 5) is 24.9. The third kappa shape index (κ3) is 4.43. The molecule has 4 aromatic rings. The molecule has 2 aliphatic heterocycles. The van der Waals surface area contributed by atoms with Gasteiger partial charge in [0.15, 0.2) is 0 Å². The van der Waals surface area contributed by atoms with Gasteiger partial charge in [-0.25, -0.2) is 4.98 Å². The molecule has 1 N–H and O–H groups in total. The van der Waals surface area contributed by atoms with Gasteiger partial charge < -0.3 is 19.4 Å². The molecular weight excluding hydrogens is 476 g/mol. The monoisotopic (exact) mass is 508 g/mol. The highest BCUT2D eigenvalue weighted by Gasteiger charge is 2.26. The van der Waals surface area contributed by atoms with Crippen molar-refractivity contribution in [1.82, 2.24) is 14.9 Å². The summed E-state index contributed by atoms with van der Waals surface area (Å²) in [6.07, 6.45) is 6.53. The van der Waals surface area contributed by atoms with E-state index < -0.39 is 0 Å². The number of anilines is 1. The Labute approximate surface area is 222 Å². The van der Waals surface area contributed by atoms with Gasteiger partial charge in [-0.1, -0.05) is 18.7 Å². The predicted octanol–water partition coefficient (Wildman–Crippen LogP) is 5.46. The van der Waals surface area contributed by atoms with Crippen LogP contribution >= 0.6 is 0 Å². The average Bonchev–Trinajstić information content (AvgIpc) is 3.71. The smallest absolute Gasteiger partial charge is 0.250 e. The molecule has 6 rings (SSSR count). The topological polar surface area (TPSA) is 70.7 Å². The van der Waals surface area contributed by atoms with Gasteiger partial charge in [0.2, 0.25) is 5.91 Å². The van der Waals surface area contributed by atoms with Crippen molar-refractivity contribution in [2.24, 2.45) is 0 Å². The average molecular weight is 509 g/mol. The van der Waals surface area contributed by atoms with Gasteiger partial charge in [0.05, 0.1) is 18.2 Å². The Hall–Kier alpha value is -4.10. The molecule has 2 aliphatic rings. The Balaban J connectivity index is 1.38. The number of nitrogens with one attached hydrogen (secondary N) is 1. The number of hydrogen-bond donors (Lipinski definition) is 1. The van der Waals surface area contributed by atoms with Gasteiger partial charge in [-0.05, 0) is 91.5 Å². The van der Waals surface area contributed by atoms with Gasteiger partial charge in [0.1, 0.15) is 23.8 Å². The summed E-state index contributed by atoms with van der Waals surface area (Å²) < 4.78 is 11.8. The van der Waals surface area contributed by atoms with Gasteiger partial charge in [-0.3, -0.25) is 9.69 Å². The molecule has 1 saturated heterocycles. The quantitative estimate of drug-likeness (QED) is 0.320. The maximum Gasteiger partial charge on any atom is 0.250 e. The highest BCUT2D eigenvalue weighted by Crippen LogP contribution is 2.44. The van der Waals surface area contributed by atoms with E-state index in [1.807, 2.05) is 18.2 Å². The molecule has 2 aromatic carbocycles. The van der Waals surface area contributed by atoms with Crippen molar-refractivity contribution >= 4 is 22.6 Å². The van der Waals surface area contributed by atoms with Crippen LogP contribution in [0.2, 0.25) is 0 Å². The lowest BCUT2D eigenvalue weighted by Gasteiger charge is -2.17. The lowest BCUT2D eigenvalue weighted by atomic mass is 9.96. The van der Waals surface area contributed by atoms with Crippen molar-refractivity contribution in [1.29, 1.82) is 0 Å². The van der Waals surface area contributed by atoms with E-state index in [1.54, 1.807) is 18.2 Å². The molecule has 2 aromatic heterocycles. The van der Waals surface area contributed by atoms with E-state index in [4.69, 9.17) is 9.47 Å². The van der Waals surface area contributed by atoms with Crippen LogP contribution in [0.25, 0.3) is 33.4 Å². The first-order valence-electron chi connectivity index (χ1n) is 13.2. The third-order valence-corrected chi connectivity index (χ3v) is 7.60. The normalized spacial score (nSPS) is 15.1. The maximum atomic E-state index is 12.5. The number of hydrogen-bond acceptors (Lipinski definition) is 5. The van der Waals surface area contributed by atoms with Crippen LogP contribution in [0.3, 0.4) is 0 Å². The molecule has 7 nitrogen and oxygen atoms in total. The van der Waals surface area contributed by atoms with Crippen LogP contribution in [0.1, 0.15) is 18.4 Å². The van der Waals surface area contributed by atoms with E-state index in [-0.39, 0.29) is 5.91 Å². The predicted molar refractivity (Wildman–Crippen MR) is 151 cm³/mol. The minimum atomic E-state index is -0.0837. The lowest BCUT2D eigenvalue weighted by molar-refractivity contribution is -0.114. The van der Waals surface area contributed by atoms with Crippen LogP contribution in [0.5, 0.6) is 11.5 Å². The Morgan fingerprint density at radius 1 is 1.08 bits per heavy atom. The molecule has 0 unspecified atom stereocenters. The van der Waals surface area contributed by atoms with E-state index in [9.17, 15) is 4.79 Å². The van der Waals surface area contributed by atoms with Crippen molar-refractivity contribution in [2.45, 2.75) is 19.3 Å². The lowest BCUT2D eigenvalue weighted by Crippen LogP contribution is -2.26. The standard InChI is InChI=1S/C31H32N4O3/c1-3-27(36)35-17-13-21-6-7-23(20-25(21)35)28-29-26(37-2)12-14-32-31(29)33-30(28)22-8-10-24(11-9-22)38-19-18-34-15-4-5-16-34/h3,6-12,14,20H,1,4-5,13,15-19H2,2H3,(H,32,33). The second kappa shape index (κ2) is 10.3. The minimum Gasteiger partial charge on any atom is -0.496 e. The minimum absolute atomic E-state index is 0.0837. The summed E-state index contributed by atoms with van der Waals surface area (Å²) in [7, 11) is 1.67. The molecule has 0 spiro atoms. The zero-order chi connectivity index (χ0) is 26.1. The first-order valence-corrected chi connectivity index (χ1v) is 13.2. The number of carbonyl (C=O) groups excluding carboxylic acids is 1. The summed E-state index contributed by atoms with van der Waals surface area (Å²) in [6, 6.07) is 16.4. The number of aromatic amines is 1. The first-order chi connectivity index (χ1) is 18.7. The zero-order valence-corrected chi connectivity index (χ0v) is 21.7. The number of likely N-dealkylation sites (tertiary alicyclic amines) is 1.